The van der Waals surface area contributed by atoms with Crippen LogP contribution in [0.3, 0.4) is 0 Å². The second-order valence-electron chi connectivity index (χ2n) is 2.56. The summed E-state index contributed by atoms with van der Waals surface area (Å²) in [5.74, 6) is 0. The molecule has 0 N–H and O–H groups in total. The van der Waals surface area contributed by atoms with Gasteiger partial charge in [-0.25, -0.2) is 4.98 Å². The van der Waals surface area contributed by atoms with Crippen molar-refractivity contribution in [2.45, 2.75) is 11.5 Å². The summed E-state index contributed by atoms with van der Waals surface area (Å²) < 4.78 is 37.0. The number of halogens is 4. The van der Waals surface area contributed by atoms with Gasteiger partial charge in [0.15, 0.2) is 0 Å². The normalized spacial score (nSPS) is 11.5. The van der Waals surface area contributed by atoms with Gasteiger partial charge < -0.3 is 0 Å². The minimum atomic E-state index is -4.82. The van der Waals surface area contributed by atoms with Crippen molar-refractivity contribution in [3.05, 3.63) is 33.6 Å². The fourth-order valence-electron chi connectivity index (χ4n) is 1.01. The third kappa shape index (κ3) is 2.44. The van der Waals surface area contributed by atoms with E-state index >= 15 is 0 Å². The van der Waals surface area contributed by atoms with E-state index in [-0.39, 0.29) is 10.9 Å². The molecule has 82 valence electrons. The Balaban J connectivity index is 3.46. The molecule has 0 atom stereocenters. The molecule has 1 rings (SSSR count). The van der Waals surface area contributed by atoms with Crippen LogP contribution in [0.1, 0.15) is 11.3 Å². The zero-order chi connectivity index (χ0) is 11.6. The highest BCUT2D eigenvalue weighted by Crippen LogP contribution is 2.36. The minimum Gasteiger partial charge on any atom is -0.258 e. The number of aromatic nitrogens is 1. The summed E-state index contributed by atoms with van der Waals surface area (Å²) in [4.78, 5) is 12.4. The molecule has 0 amide bonds. The standard InChI is InChI=1S/C7H4BrF3N2O2/c8-3-4-1-2-12-6(7(9,10)11)5(4)13(14)15/h1-2H,3H2. The van der Waals surface area contributed by atoms with E-state index in [1.165, 1.54) is 6.07 Å². The molecular weight excluding hydrogens is 281 g/mol. The van der Waals surface area contributed by atoms with Crippen molar-refractivity contribution < 1.29 is 18.1 Å². The SMILES string of the molecule is O=[N+]([O-])c1c(CBr)ccnc1C(F)(F)F. The number of rotatable bonds is 2. The Kier molecular flexibility index (Phi) is 3.28. The van der Waals surface area contributed by atoms with Crippen molar-refractivity contribution in [2.75, 3.05) is 0 Å². The number of hydrogen-bond donors (Lipinski definition) is 0. The molecule has 0 unspecified atom stereocenters. The maximum absolute atomic E-state index is 12.3. The molecule has 0 spiro atoms. The summed E-state index contributed by atoms with van der Waals surface area (Å²) in [6, 6.07) is 1.17. The number of hydrogen-bond acceptors (Lipinski definition) is 3. The number of nitrogens with zero attached hydrogens (tertiary/aromatic N) is 2. The molecule has 0 saturated carbocycles. The minimum absolute atomic E-state index is 0.0328. The predicted octanol–water partition coefficient (Wildman–Crippen LogP) is 2.90. The molecule has 1 aromatic rings. The van der Waals surface area contributed by atoms with E-state index in [0.29, 0.717) is 0 Å². The molecule has 0 aliphatic rings. The largest absolute Gasteiger partial charge is 0.440 e. The van der Waals surface area contributed by atoms with Crippen molar-refractivity contribution in [3.63, 3.8) is 0 Å². The Bertz CT molecular complexity index is 394. The predicted molar refractivity (Wildman–Crippen MR) is 48.5 cm³/mol. The molecule has 1 heterocycles. The lowest BCUT2D eigenvalue weighted by Gasteiger charge is -2.07. The first-order chi connectivity index (χ1) is 6.88. The highest BCUT2D eigenvalue weighted by molar-refractivity contribution is 9.08. The highest BCUT2D eigenvalue weighted by atomic mass is 79.9. The van der Waals surface area contributed by atoms with Gasteiger partial charge in [-0.05, 0) is 6.07 Å². The van der Waals surface area contributed by atoms with Gasteiger partial charge in [0.25, 0.3) is 0 Å². The first-order valence-electron chi connectivity index (χ1n) is 3.63. The smallest absolute Gasteiger partial charge is 0.258 e. The van der Waals surface area contributed by atoms with Gasteiger partial charge >= 0.3 is 11.9 Å². The molecule has 1 aromatic heterocycles. The van der Waals surface area contributed by atoms with Crippen LogP contribution in [0.5, 0.6) is 0 Å². The lowest BCUT2D eigenvalue weighted by molar-refractivity contribution is -0.389. The van der Waals surface area contributed by atoms with Gasteiger partial charge in [-0.1, -0.05) is 15.9 Å². The van der Waals surface area contributed by atoms with Crippen molar-refractivity contribution >= 4 is 21.6 Å². The molecule has 0 aliphatic carbocycles. The van der Waals surface area contributed by atoms with Gasteiger partial charge in [-0.2, -0.15) is 13.2 Å². The van der Waals surface area contributed by atoms with Crippen LogP contribution < -0.4 is 0 Å². The average Bonchev–Trinajstić information content (AvgIpc) is 2.15. The van der Waals surface area contributed by atoms with E-state index < -0.39 is 22.5 Å². The fraction of sp³-hybridized carbons (Fsp3) is 0.286. The quantitative estimate of drug-likeness (QED) is 0.477. The second-order valence-corrected chi connectivity index (χ2v) is 3.12. The fourth-order valence-corrected chi connectivity index (χ4v) is 1.47. The monoisotopic (exact) mass is 284 g/mol. The summed E-state index contributed by atoms with van der Waals surface area (Å²) in [6.45, 7) is 0. The first kappa shape index (κ1) is 11.9. The molecule has 15 heavy (non-hydrogen) atoms. The van der Waals surface area contributed by atoms with Gasteiger partial charge in [0.2, 0.25) is 5.69 Å². The molecule has 0 fully saturated rings. The Morgan fingerprint density at radius 1 is 1.53 bits per heavy atom. The van der Waals surface area contributed by atoms with E-state index in [9.17, 15) is 23.3 Å². The number of alkyl halides is 4. The number of nitro groups is 1. The lowest BCUT2D eigenvalue weighted by atomic mass is 10.2. The third-order valence-electron chi connectivity index (χ3n) is 1.60. The van der Waals surface area contributed by atoms with Gasteiger partial charge in [0.05, 0.1) is 4.92 Å². The van der Waals surface area contributed by atoms with Gasteiger partial charge in [-0.3, -0.25) is 10.1 Å². The average molecular weight is 285 g/mol. The van der Waals surface area contributed by atoms with Gasteiger partial charge in [-0.15, -0.1) is 0 Å². The summed E-state index contributed by atoms with van der Waals surface area (Å²) in [7, 11) is 0. The molecule has 0 bridgehead atoms. The maximum Gasteiger partial charge on any atom is 0.440 e. The zero-order valence-corrected chi connectivity index (χ0v) is 8.67. The Morgan fingerprint density at radius 2 is 2.13 bits per heavy atom. The van der Waals surface area contributed by atoms with Crippen molar-refractivity contribution in [1.29, 1.82) is 0 Å². The lowest BCUT2D eigenvalue weighted by Crippen LogP contribution is -2.12. The summed E-state index contributed by atoms with van der Waals surface area (Å²) >= 11 is 2.88. The molecule has 0 saturated heterocycles. The van der Waals surface area contributed by atoms with Crippen LogP contribution in [0.2, 0.25) is 0 Å². The third-order valence-corrected chi connectivity index (χ3v) is 2.21. The van der Waals surface area contributed by atoms with Crippen LogP contribution in [0, 0.1) is 10.1 Å². The summed E-state index contributed by atoms with van der Waals surface area (Å²) in [5.41, 5.74) is -2.52. The van der Waals surface area contributed by atoms with E-state index in [2.05, 4.69) is 20.9 Å². The number of pyridine rings is 1. The zero-order valence-electron chi connectivity index (χ0n) is 7.08. The van der Waals surface area contributed by atoms with E-state index in [1.807, 2.05) is 0 Å². The molecule has 0 radical (unpaired) electrons. The molecule has 8 heteroatoms. The van der Waals surface area contributed by atoms with Crippen LogP contribution >= 0.6 is 15.9 Å². The van der Waals surface area contributed by atoms with Gasteiger partial charge in [0, 0.05) is 17.1 Å². The highest BCUT2D eigenvalue weighted by Gasteiger charge is 2.41. The topological polar surface area (TPSA) is 56.0 Å². The maximum atomic E-state index is 12.3. The van der Waals surface area contributed by atoms with E-state index in [0.717, 1.165) is 6.20 Å². The van der Waals surface area contributed by atoms with E-state index in [4.69, 9.17) is 0 Å². The van der Waals surface area contributed by atoms with E-state index in [1.54, 1.807) is 0 Å². The van der Waals surface area contributed by atoms with Crippen molar-refractivity contribution in [1.82, 2.24) is 4.98 Å². The van der Waals surface area contributed by atoms with Gasteiger partial charge in [0.1, 0.15) is 0 Å². The van der Waals surface area contributed by atoms with Crippen molar-refractivity contribution in [2.24, 2.45) is 0 Å². The van der Waals surface area contributed by atoms with Crippen LogP contribution in [-0.4, -0.2) is 9.91 Å². The second kappa shape index (κ2) is 4.13. The Hall–Kier alpha value is -1.18. The van der Waals surface area contributed by atoms with Crippen LogP contribution in [0.15, 0.2) is 12.3 Å². The van der Waals surface area contributed by atoms with Crippen LogP contribution in [0.25, 0.3) is 0 Å². The van der Waals surface area contributed by atoms with Crippen LogP contribution in [0.4, 0.5) is 18.9 Å². The molecule has 0 aromatic carbocycles. The molecular formula is C7H4BrF3N2O2. The summed E-state index contributed by atoms with van der Waals surface area (Å²) in [6.07, 6.45) is -3.92. The first-order valence-corrected chi connectivity index (χ1v) is 4.75. The van der Waals surface area contributed by atoms with Crippen molar-refractivity contribution in [3.8, 4) is 0 Å². The van der Waals surface area contributed by atoms with Crippen LogP contribution in [-0.2, 0) is 11.5 Å². The summed E-state index contributed by atoms with van der Waals surface area (Å²) in [5, 5.41) is 10.5. The Labute approximate surface area is 90.4 Å². The Morgan fingerprint density at radius 3 is 2.53 bits per heavy atom. The molecule has 4 nitrogen and oxygen atoms in total. The molecule has 0 aliphatic heterocycles.